The molecule has 0 fully saturated rings. The number of carbonyl (C=O) groups excluding carboxylic acids is 1. The van der Waals surface area contributed by atoms with E-state index in [1.54, 1.807) is 12.1 Å². The van der Waals surface area contributed by atoms with Crippen molar-refractivity contribution in [2.45, 2.75) is 6.18 Å². The number of alkyl halides is 3. The normalized spacial score (nSPS) is 11.0. The van der Waals surface area contributed by atoms with E-state index in [1.165, 1.54) is 0 Å². The van der Waals surface area contributed by atoms with Gasteiger partial charge in [-0.2, -0.15) is 13.2 Å². The molecule has 0 aromatic heterocycles. The Morgan fingerprint density at radius 1 is 1.00 bits per heavy atom. The monoisotopic (exact) mass is 309 g/mol. The van der Waals surface area contributed by atoms with Crippen LogP contribution < -0.4 is 10.1 Å². The Hall–Kier alpha value is -2.50. The quantitative estimate of drug-likeness (QED) is 0.858. The van der Waals surface area contributed by atoms with Gasteiger partial charge < -0.3 is 10.1 Å². The molecule has 0 saturated heterocycles. The highest BCUT2D eigenvalue weighted by Gasteiger charge is 2.30. The van der Waals surface area contributed by atoms with Gasteiger partial charge in [0, 0.05) is 5.56 Å². The van der Waals surface area contributed by atoms with Crippen molar-refractivity contribution in [3.05, 3.63) is 65.7 Å². The van der Waals surface area contributed by atoms with Crippen molar-refractivity contribution in [1.82, 2.24) is 5.32 Å². The molecule has 0 spiro atoms. The highest BCUT2D eigenvalue weighted by Crippen LogP contribution is 2.29. The molecule has 2 rings (SSSR count). The first-order valence-electron chi connectivity index (χ1n) is 6.60. The predicted molar refractivity (Wildman–Crippen MR) is 75.7 cm³/mol. The molecule has 2 aromatic rings. The maximum absolute atomic E-state index is 12.4. The molecule has 0 aliphatic rings. The molecule has 0 heterocycles. The number of amides is 1. The molecule has 0 bridgehead atoms. The fourth-order valence-electron chi connectivity index (χ4n) is 1.76. The van der Waals surface area contributed by atoms with Crippen molar-refractivity contribution in [3.8, 4) is 5.75 Å². The van der Waals surface area contributed by atoms with Gasteiger partial charge in [0.15, 0.2) is 0 Å². The van der Waals surface area contributed by atoms with Crippen LogP contribution in [-0.4, -0.2) is 19.1 Å². The molecule has 2 aromatic carbocycles. The Morgan fingerprint density at radius 3 is 2.23 bits per heavy atom. The molecule has 0 unspecified atom stereocenters. The van der Waals surface area contributed by atoms with Crippen molar-refractivity contribution in [3.63, 3.8) is 0 Å². The van der Waals surface area contributed by atoms with Crippen molar-refractivity contribution >= 4 is 5.91 Å². The van der Waals surface area contributed by atoms with Crippen LogP contribution in [0.15, 0.2) is 54.6 Å². The lowest BCUT2D eigenvalue weighted by Crippen LogP contribution is -2.28. The summed E-state index contributed by atoms with van der Waals surface area (Å²) in [7, 11) is 0. The molecular weight excluding hydrogens is 295 g/mol. The second-order valence-electron chi connectivity index (χ2n) is 4.49. The second kappa shape index (κ2) is 6.98. The third-order valence-electron chi connectivity index (χ3n) is 2.87. The number of nitrogens with one attached hydrogen (secondary N) is 1. The number of ether oxygens (including phenoxy) is 1. The molecule has 1 amide bonds. The van der Waals surface area contributed by atoms with Gasteiger partial charge in [-0.25, -0.2) is 0 Å². The molecule has 116 valence electrons. The Morgan fingerprint density at radius 2 is 1.64 bits per heavy atom. The fraction of sp³-hybridized carbons (Fsp3) is 0.188. The van der Waals surface area contributed by atoms with Crippen LogP contribution in [0.2, 0.25) is 0 Å². The van der Waals surface area contributed by atoms with Crippen LogP contribution in [0.25, 0.3) is 0 Å². The molecule has 0 radical (unpaired) electrons. The van der Waals surface area contributed by atoms with E-state index in [0.717, 1.165) is 24.3 Å². The maximum atomic E-state index is 12.4. The van der Waals surface area contributed by atoms with E-state index in [0.29, 0.717) is 5.75 Å². The van der Waals surface area contributed by atoms with E-state index in [9.17, 15) is 18.0 Å². The Balaban J connectivity index is 1.80. The fourth-order valence-corrected chi connectivity index (χ4v) is 1.76. The third kappa shape index (κ3) is 4.51. The van der Waals surface area contributed by atoms with Crippen molar-refractivity contribution in [1.29, 1.82) is 0 Å². The van der Waals surface area contributed by atoms with Gasteiger partial charge in [-0.3, -0.25) is 4.79 Å². The van der Waals surface area contributed by atoms with Crippen molar-refractivity contribution in [2.24, 2.45) is 0 Å². The van der Waals surface area contributed by atoms with Gasteiger partial charge in [-0.15, -0.1) is 0 Å². The second-order valence-corrected chi connectivity index (χ2v) is 4.49. The van der Waals surface area contributed by atoms with E-state index >= 15 is 0 Å². The minimum atomic E-state index is -4.40. The Bertz CT molecular complexity index is 610. The van der Waals surface area contributed by atoms with E-state index in [4.69, 9.17) is 4.74 Å². The number of rotatable bonds is 5. The van der Waals surface area contributed by atoms with Crippen LogP contribution in [0.4, 0.5) is 13.2 Å². The summed E-state index contributed by atoms with van der Waals surface area (Å²) in [5.41, 5.74) is -0.607. The first-order valence-corrected chi connectivity index (χ1v) is 6.60. The third-order valence-corrected chi connectivity index (χ3v) is 2.87. The lowest BCUT2D eigenvalue weighted by molar-refractivity contribution is -0.137. The highest BCUT2D eigenvalue weighted by atomic mass is 19.4. The lowest BCUT2D eigenvalue weighted by Gasteiger charge is -2.09. The number of hydrogen-bond donors (Lipinski definition) is 1. The number of hydrogen-bond acceptors (Lipinski definition) is 2. The van der Waals surface area contributed by atoms with Gasteiger partial charge in [-0.1, -0.05) is 18.2 Å². The zero-order valence-corrected chi connectivity index (χ0v) is 11.6. The minimum Gasteiger partial charge on any atom is -0.492 e. The van der Waals surface area contributed by atoms with Gasteiger partial charge in [-0.05, 0) is 36.4 Å². The SMILES string of the molecule is O=C(NCCOc1ccccc1)c1ccc(C(F)(F)F)cc1. The Labute approximate surface area is 125 Å². The zero-order valence-electron chi connectivity index (χ0n) is 11.6. The first kappa shape index (κ1) is 15.9. The summed E-state index contributed by atoms with van der Waals surface area (Å²) in [5, 5.41) is 2.58. The van der Waals surface area contributed by atoms with Crippen LogP contribution >= 0.6 is 0 Å². The summed E-state index contributed by atoms with van der Waals surface area (Å²) >= 11 is 0. The zero-order chi connectivity index (χ0) is 16.0. The van der Waals surface area contributed by atoms with E-state index < -0.39 is 17.6 Å². The smallest absolute Gasteiger partial charge is 0.416 e. The van der Waals surface area contributed by atoms with Crippen molar-refractivity contribution < 1.29 is 22.7 Å². The summed E-state index contributed by atoms with van der Waals surface area (Å²) in [5.74, 6) is 0.247. The standard InChI is InChI=1S/C16H14F3NO2/c17-16(18,19)13-8-6-12(7-9-13)15(21)20-10-11-22-14-4-2-1-3-5-14/h1-9H,10-11H2,(H,20,21). The Kier molecular flexibility index (Phi) is 5.04. The summed E-state index contributed by atoms with van der Waals surface area (Å²) in [6, 6.07) is 13.2. The summed E-state index contributed by atoms with van der Waals surface area (Å²) < 4.78 is 42.6. The van der Waals surface area contributed by atoms with Crippen molar-refractivity contribution in [2.75, 3.05) is 13.2 Å². The number of benzene rings is 2. The summed E-state index contributed by atoms with van der Waals surface area (Å²) in [6.07, 6.45) is -4.40. The first-order chi connectivity index (χ1) is 10.5. The molecule has 3 nitrogen and oxygen atoms in total. The van der Waals surface area contributed by atoms with Gasteiger partial charge in [0.05, 0.1) is 12.1 Å². The summed E-state index contributed by atoms with van der Waals surface area (Å²) in [6.45, 7) is 0.533. The molecule has 1 N–H and O–H groups in total. The largest absolute Gasteiger partial charge is 0.492 e. The van der Waals surface area contributed by atoms with Crippen LogP contribution in [0.3, 0.4) is 0 Å². The minimum absolute atomic E-state index is 0.174. The average Bonchev–Trinajstić information content (AvgIpc) is 2.52. The van der Waals surface area contributed by atoms with Crippen LogP contribution in [-0.2, 0) is 6.18 Å². The van der Waals surface area contributed by atoms with Gasteiger partial charge in [0.1, 0.15) is 12.4 Å². The molecule has 0 saturated carbocycles. The van der Waals surface area contributed by atoms with Gasteiger partial charge >= 0.3 is 6.18 Å². The number of para-hydroxylation sites is 1. The lowest BCUT2D eigenvalue weighted by atomic mass is 10.1. The van der Waals surface area contributed by atoms with Crippen LogP contribution in [0.1, 0.15) is 15.9 Å². The maximum Gasteiger partial charge on any atom is 0.416 e. The molecular formula is C16H14F3NO2. The van der Waals surface area contributed by atoms with Gasteiger partial charge in [0.2, 0.25) is 0 Å². The average molecular weight is 309 g/mol. The van der Waals surface area contributed by atoms with E-state index in [2.05, 4.69) is 5.32 Å². The molecule has 0 aliphatic heterocycles. The van der Waals surface area contributed by atoms with Crippen LogP contribution in [0, 0.1) is 0 Å². The van der Waals surface area contributed by atoms with Crippen LogP contribution in [0.5, 0.6) is 5.75 Å². The van der Waals surface area contributed by atoms with Gasteiger partial charge in [0.25, 0.3) is 5.91 Å². The number of halogens is 3. The number of carbonyl (C=O) groups is 1. The predicted octanol–water partition coefficient (Wildman–Crippen LogP) is 3.51. The molecule has 22 heavy (non-hydrogen) atoms. The topological polar surface area (TPSA) is 38.3 Å². The summed E-state index contributed by atoms with van der Waals surface area (Å²) in [4.78, 5) is 11.8. The molecule has 0 aliphatic carbocycles. The molecule has 6 heteroatoms. The highest BCUT2D eigenvalue weighted by molar-refractivity contribution is 5.94. The molecule has 0 atom stereocenters. The van der Waals surface area contributed by atoms with E-state index in [-0.39, 0.29) is 18.7 Å². The van der Waals surface area contributed by atoms with E-state index in [1.807, 2.05) is 18.2 Å².